The van der Waals surface area contributed by atoms with Crippen LogP contribution in [-0.2, 0) is 48.1 Å². The molecule has 17 heteroatoms. The number of fused-ring (bicyclic) bond motifs is 6. The molecule has 0 radical (unpaired) electrons. The van der Waals surface area contributed by atoms with Gasteiger partial charge >= 0.3 is 12.1 Å². The van der Waals surface area contributed by atoms with Gasteiger partial charge in [-0.2, -0.15) is 13.2 Å². The first-order valence-corrected chi connectivity index (χ1v) is 40.4. The Morgan fingerprint density at radius 3 is 1.49 bits per heavy atom. The Morgan fingerprint density at radius 2 is 0.991 bits per heavy atom. The average molecular weight is 1580 g/mol. The lowest BCUT2D eigenvalue weighted by Gasteiger charge is -2.32. The topological polar surface area (TPSA) is 156 Å². The molecule has 6 aliphatic rings. The van der Waals surface area contributed by atoms with Gasteiger partial charge < -0.3 is 24.6 Å². The third kappa shape index (κ3) is 27.7. The highest BCUT2D eigenvalue weighted by Gasteiger charge is 2.39. The van der Waals surface area contributed by atoms with Gasteiger partial charge in [-0.15, -0.1) is 23.1 Å². The Bertz CT molecular complexity index is 4920. The van der Waals surface area contributed by atoms with Crippen LogP contribution in [0.2, 0.25) is 0 Å². The summed E-state index contributed by atoms with van der Waals surface area (Å²) in [6, 6.07) is 37.8. The smallest absolute Gasteiger partial charge is 0.417 e. The first-order valence-electron chi connectivity index (χ1n) is 38.6. The third-order valence-corrected chi connectivity index (χ3v) is 20.4. The zero-order chi connectivity index (χ0) is 83.7. The summed E-state index contributed by atoms with van der Waals surface area (Å²) in [7, 11) is 1.51. The van der Waals surface area contributed by atoms with Crippen LogP contribution in [0.1, 0.15) is 210 Å². The summed E-state index contributed by atoms with van der Waals surface area (Å²) in [4.78, 5) is 55.2. The Labute approximate surface area is 677 Å². The second kappa shape index (κ2) is 36.4. The maximum atomic E-state index is 13.0. The van der Waals surface area contributed by atoms with Crippen molar-refractivity contribution in [2.45, 2.75) is 202 Å². The molecular formula is C96H116F3N4O8S2+. The van der Waals surface area contributed by atoms with Crippen molar-refractivity contribution in [2.24, 2.45) is 43.4 Å². The Morgan fingerprint density at radius 1 is 0.558 bits per heavy atom. The molecule has 0 fully saturated rings. The lowest BCUT2D eigenvalue weighted by molar-refractivity contribution is -0.428. The van der Waals surface area contributed by atoms with Gasteiger partial charge in [-0.1, -0.05) is 229 Å². The number of nitroso groups, excluding NO2 is 1. The first-order chi connectivity index (χ1) is 52.3. The van der Waals surface area contributed by atoms with Crippen molar-refractivity contribution in [2.75, 3.05) is 18.1 Å². The van der Waals surface area contributed by atoms with Crippen LogP contribution >= 0.6 is 23.1 Å². The Balaban J connectivity index is 0.000000171. The van der Waals surface area contributed by atoms with E-state index >= 15 is 0 Å². The van der Waals surface area contributed by atoms with E-state index in [1.165, 1.54) is 56.8 Å². The minimum absolute atomic E-state index is 0.0118. The van der Waals surface area contributed by atoms with Crippen molar-refractivity contribution in [3.05, 3.63) is 260 Å². The van der Waals surface area contributed by atoms with Crippen LogP contribution in [0, 0.1) is 43.3 Å². The number of nitrogens with one attached hydrogen (secondary N) is 1. The summed E-state index contributed by atoms with van der Waals surface area (Å²) in [5, 5.41) is 14.3. The van der Waals surface area contributed by atoms with Crippen molar-refractivity contribution < 1.29 is 51.6 Å². The summed E-state index contributed by atoms with van der Waals surface area (Å²) in [6.45, 7) is 54.4. The van der Waals surface area contributed by atoms with Gasteiger partial charge in [-0.3, -0.25) is 19.4 Å². The number of thioether (sulfide) groups is 1. The molecule has 1 aliphatic carbocycles. The van der Waals surface area contributed by atoms with Gasteiger partial charge in [0, 0.05) is 55.5 Å². The molecule has 3 atom stereocenters. The van der Waals surface area contributed by atoms with E-state index in [0.29, 0.717) is 28.0 Å². The van der Waals surface area contributed by atoms with Crippen molar-refractivity contribution in [1.82, 2.24) is 4.98 Å². The number of aliphatic imine (C=N–C) groups is 1. The molecule has 600 valence electrons. The summed E-state index contributed by atoms with van der Waals surface area (Å²) in [5.41, 5.74) is 15.6. The number of alkyl halides is 3. The highest BCUT2D eigenvalue weighted by molar-refractivity contribution is 8.15. The number of benzene rings is 6. The maximum absolute atomic E-state index is 13.0. The van der Waals surface area contributed by atoms with Crippen molar-refractivity contribution in [3.63, 3.8) is 0 Å². The highest BCUT2D eigenvalue weighted by atomic mass is 32.2. The standard InChI is InChI=1S/C18H21NO.C17H20N2OS2.C17H20O3.C16H17F3O.C16H20O.C12H18NO/c1-18(2,3)11-12-8-9-16-14(10-12)17(20)13-6-4-5-7-15(13)19-16;1-10(20)13-9-21-15(19-13)16-18-12-6-5-11(7-14(12)22-16)8-17(2,3)4;1-11-7-13(9-16(18)19)14-6-5-12(8-15(14)20-11)10-17(2,3)4;1-10-7-13(16(17,18)19)12-6-5-11(8-14(12)20-10)9-15(2,3)4;1-11-8-12(2)17-15-9-13(6-7-14(11)15)10-16(3,4)5;1-12(2,3)9-10-5-7-11(8-6-10)13(4)14/h4-10,13,15,19H,11H2,1-3H3;5-7,13H,8-9H2,1-4H3;5-8H,1,9-10H2,2-4H3,(H,18,19);5-8H,1,9H2,2-4H3;6-9H,2,10H2,1,3-5H3;5-8H,9H2,1-4H3/q;;;;;+1/t;13-;;;;/m.1..../s1. The van der Waals surface area contributed by atoms with E-state index < -0.39 is 17.7 Å². The number of aromatic nitrogens is 1. The van der Waals surface area contributed by atoms with Crippen molar-refractivity contribution in [3.8, 4) is 17.2 Å². The quantitative estimate of drug-likeness (QED) is 0.119. The average Bonchev–Trinajstić information content (AvgIpc) is 1.12. The van der Waals surface area contributed by atoms with Crippen LogP contribution < -0.4 is 19.5 Å². The van der Waals surface area contributed by atoms with Crippen LogP contribution in [0.15, 0.2) is 200 Å². The first kappa shape index (κ1) is 89.1. The Kier molecular flexibility index (Phi) is 28.7. The number of ether oxygens (including phenoxy) is 3. The van der Waals surface area contributed by atoms with E-state index in [1.807, 2.05) is 66.8 Å². The number of hydrogen-bond donors (Lipinski definition) is 2. The van der Waals surface area contributed by atoms with Crippen LogP contribution in [0.4, 0.5) is 24.5 Å². The number of thiazole rings is 1. The Hall–Kier alpha value is -9.45. The number of halogens is 3. The molecule has 0 saturated carbocycles. The molecule has 6 aromatic carbocycles. The minimum atomic E-state index is -4.41. The molecule has 113 heavy (non-hydrogen) atoms. The monoisotopic (exact) mass is 1570 g/mol. The fourth-order valence-electron chi connectivity index (χ4n) is 13.7. The van der Waals surface area contributed by atoms with Crippen LogP contribution in [0.5, 0.6) is 17.2 Å². The molecule has 5 aliphatic heterocycles. The number of carbonyl (C=O) groups is 3. The summed E-state index contributed by atoms with van der Waals surface area (Å²) in [5.74, 6) is 3.31. The lowest BCUT2D eigenvalue weighted by Crippen LogP contribution is -2.38. The summed E-state index contributed by atoms with van der Waals surface area (Å²) < 4.78 is 57.7. The van der Waals surface area contributed by atoms with Gasteiger partial charge in [0.1, 0.15) is 50.6 Å². The van der Waals surface area contributed by atoms with Gasteiger partial charge in [0.25, 0.3) is 5.69 Å². The zero-order valence-corrected chi connectivity index (χ0v) is 71.8. The van der Waals surface area contributed by atoms with E-state index in [9.17, 15) is 32.5 Å². The number of carbonyl (C=O) groups excluding carboxylic acids is 2. The van der Waals surface area contributed by atoms with Gasteiger partial charge in [0.2, 0.25) is 0 Å². The molecule has 0 saturated heterocycles. The van der Waals surface area contributed by atoms with Crippen LogP contribution in [-0.4, -0.2) is 68.5 Å². The molecule has 0 amide bonds. The molecule has 1 aromatic heterocycles. The third-order valence-electron chi connectivity index (χ3n) is 18.2. The number of allylic oxidation sites excluding steroid dienone is 7. The van der Waals surface area contributed by atoms with Crippen molar-refractivity contribution in [1.29, 1.82) is 0 Å². The summed E-state index contributed by atoms with van der Waals surface area (Å²) in [6.07, 6.45) is 14.0. The number of carboxylic acids is 1. The number of ketones is 2. The maximum Gasteiger partial charge on any atom is 0.417 e. The molecule has 0 bridgehead atoms. The molecule has 0 spiro atoms. The van der Waals surface area contributed by atoms with E-state index in [4.69, 9.17) is 19.3 Å². The van der Waals surface area contributed by atoms with Crippen LogP contribution in [0.3, 0.4) is 0 Å². The van der Waals surface area contributed by atoms with Gasteiger partial charge in [-0.25, -0.2) is 4.98 Å². The molecule has 2 N–H and O–H groups in total. The number of carboxylic acid groups (broad SMARTS) is 1. The normalized spacial score (nSPS) is 16.9. The molecule has 12 nitrogen and oxygen atoms in total. The van der Waals surface area contributed by atoms with E-state index in [1.54, 1.807) is 48.2 Å². The number of aliphatic carboxylic acids is 1. The zero-order valence-electron chi connectivity index (χ0n) is 70.1. The van der Waals surface area contributed by atoms with E-state index in [2.05, 4.69) is 227 Å². The SMILES string of the molecule is C=C1C=C(C(F)(F)F)c2ccc(CC(C)(C)C)cc2O1.C=C1C=C(C)c2ccc(CC(C)(C)C)cc2O1.C=C1C=C(CC(=O)O)c2ccc(CC(C)(C)C)cc2O1.CC(=O)[C@H]1CSC(c2nc3ccc(CC(C)(C)C)cc3s2)=N1.CC(C)(C)Cc1ccc2c(c1)C(=O)C1C=CC=CC1N2.C[N+](=O)c1ccc(CC(C)(C)C)cc1. The fourth-order valence-corrected chi connectivity index (χ4v) is 16.0. The second-order valence-corrected chi connectivity index (χ2v) is 39.4. The second-order valence-electron chi connectivity index (χ2n) is 37.3. The summed E-state index contributed by atoms with van der Waals surface area (Å²) >= 11 is 3.31. The minimum Gasteiger partial charge on any atom is -0.481 e. The van der Waals surface area contributed by atoms with Crippen molar-refractivity contribution >= 4 is 84.0 Å². The highest BCUT2D eigenvalue weighted by Crippen LogP contribution is 2.45. The number of anilines is 1. The largest absolute Gasteiger partial charge is 0.481 e. The number of nitrogens with zero attached hydrogens (tertiary/aromatic N) is 3. The predicted octanol–water partition coefficient (Wildman–Crippen LogP) is 25.4. The van der Waals surface area contributed by atoms with Gasteiger partial charge in [0.15, 0.2) is 18.6 Å². The van der Waals surface area contributed by atoms with Gasteiger partial charge in [0.05, 0.1) is 34.2 Å². The number of rotatable bonds is 11. The molecule has 6 heterocycles. The number of Topliss-reactive ketones (excluding diaryl/α,β-unsaturated/α-hetero) is 2. The predicted molar refractivity (Wildman–Crippen MR) is 464 cm³/mol. The molecular weight excluding hydrogens is 1460 g/mol. The van der Waals surface area contributed by atoms with Crippen LogP contribution in [0.25, 0.3) is 26.9 Å². The lowest BCUT2D eigenvalue weighted by atomic mass is 9.81. The molecule has 7 aromatic rings. The van der Waals surface area contributed by atoms with E-state index in [-0.39, 0.29) is 74.7 Å². The fraction of sp³-hybridized carbons (Fsp3) is 0.406. The molecule has 2 unspecified atom stereocenters. The molecule has 13 rings (SSSR count). The number of hydrogen-bond acceptors (Lipinski definition) is 12. The van der Waals surface area contributed by atoms with E-state index in [0.717, 1.165) is 110 Å². The van der Waals surface area contributed by atoms with Gasteiger partial charge in [-0.05, 0) is 190 Å².